The van der Waals surface area contributed by atoms with Gasteiger partial charge in [-0.15, -0.1) is 0 Å². The standard InChI is InChI=1S/C55H37NO/c1-4-15-38(16-5-1)40-17-14-22-45(35-40)56(44-30-27-39(28-31-44)41-29-34-54-50(36-41)49-24-11-13-26-53(49)57-54)46-32-33-48-47-23-10-12-25-51(47)55(52(48)37-46,42-18-6-2-7-19-42)43-20-8-3-9-21-43/h1-37H. The van der Waals surface area contributed by atoms with Gasteiger partial charge in [0, 0.05) is 27.8 Å². The molecule has 2 heteroatoms. The van der Waals surface area contributed by atoms with Gasteiger partial charge in [0.2, 0.25) is 0 Å². The minimum absolute atomic E-state index is 0.498. The minimum Gasteiger partial charge on any atom is -0.456 e. The van der Waals surface area contributed by atoms with Crippen molar-refractivity contribution in [1.82, 2.24) is 0 Å². The maximum absolute atomic E-state index is 6.15. The van der Waals surface area contributed by atoms with E-state index in [0.29, 0.717) is 0 Å². The Labute approximate surface area is 332 Å². The Kier molecular flexibility index (Phi) is 7.75. The van der Waals surface area contributed by atoms with Crippen molar-refractivity contribution >= 4 is 39.0 Å². The third-order valence-corrected chi connectivity index (χ3v) is 11.7. The molecule has 10 aromatic rings. The zero-order chi connectivity index (χ0) is 37.8. The van der Waals surface area contributed by atoms with Gasteiger partial charge in [-0.1, -0.05) is 170 Å². The molecule has 1 aliphatic rings. The lowest BCUT2D eigenvalue weighted by Crippen LogP contribution is -2.28. The molecular formula is C55H37NO. The third kappa shape index (κ3) is 5.33. The van der Waals surface area contributed by atoms with Crippen LogP contribution in [-0.2, 0) is 5.41 Å². The maximum Gasteiger partial charge on any atom is 0.135 e. The Morgan fingerprint density at radius 3 is 1.63 bits per heavy atom. The zero-order valence-corrected chi connectivity index (χ0v) is 31.2. The minimum atomic E-state index is -0.498. The van der Waals surface area contributed by atoms with E-state index < -0.39 is 5.41 Å². The molecule has 0 aliphatic heterocycles. The van der Waals surface area contributed by atoms with Crippen LogP contribution in [0.25, 0.3) is 55.3 Å². The average Bonchev–Trinajstić information content (AvgIpc) is 3.81. The summed E-state index contributed by atoms with van der Waals surface area (Å²) >= 11 is 0. The molecule has 0 atom stereocenters. The molecule has 57 heavy (non-hydrogen) atoms. The molecule has 11 rings (SSSR count). The fourth-order valence-corrected chi connectivity index (χ4v) is 9.18. The normalized spacial score (nSPS) is 12.7. The second kappa shape index (κ2) is 13.4. The quantitative estimate of drug-likeness (QED) is 0.163. The highest BCUT2D eigenvalue weighted by atomic mass is 16.3. The number of fused-ring (bicyclic) bond motifs is 6. The molecule has 0 radical (unpaired) electrons. The Balaban J connectivity index is 1.10. The van der Waals surface area contributed by atoms with Crippen LogP contribution in [0.3, 0.4) is 0 Å². The van der Waals surface area contributed by atoms with Crippen molar-refractivity contribution in [2.45, 2.75) is 5.41 Å². The lowest BCUT2D eigenvalue weighted by molar-refractivity contribution is 0.669. The number of para-hydroxylation sites is 1. The molecule has 268 valence electrons. The van der Waals surface area contributed by atoms with E-state index in [2.05, 4.69) is 217 Å². The van der Waals surface area contributed by atoms with E-state index >= 15 is 0 Å². The number of rotatable bonds is 7. The van der Waals surface area contributed by atoms with Crippen molar-refractivity contribution in [3.63, 3.8) is 0 Å². The smallest absolute Gasteiger partial charge is 0.135 e. The highest BCUT2D eigenvalue weighted by molar-refractivity contribution is 6.06. The summed E-state index contributed by atoms with van der Waals surface area (Å²) in [6.45, 7) is 0. The van der Waals surface area contributed by atoms with Crippen LogP contribution in [0.2, 0.25) is 0 Å². The lowest BCUT2D eigenvalue weighted by atomic mass is 9.67. The van der Waals surface area contributed by atoms with Gasteiger partial charge in [-0.3, -0.25) is 0 Å². The summed E-state index contributed by atoms with van der Waals surface area (Å²) in [6.07, 6.45) is 0. The van der Waals surface area contributed by atoms with Crippen LogP contribution in [0.15, 0.2) is 229 Å². The number of anilines is 3. The summed E-state index contributed by atoms with van der Waals surface area (Å²) in [5, 5.41) is 2.27. The fraction of sp³-hybridized carbons (Fsp3) is 0.0182. The molecular weight excluding hydrogens is 691 g/mol. The van der Waals surface area contributed by atoms with Crippen LogP contribution in [0.5, 0.6) is 0 Å². The molecule has 0 spiro atoms. The van der Waals surface area contributed by atoms with Crippen LogP contribution in [0.1, 0.15) is 22.3 Å². The molecule has 0 unspecified atom stereocenters. The van der Waals surface area contributed by atoms with E-state index in [1.54, 1.807) is 0 Å². The fourth-order valence-electron chi connectivity index (χ4n) is 9.18. The van der Waals surface area contributed by atoms with Gasteiger partial charge in [-0.05, 0) is 110 Å². The lowest BCUT2D eigenvalue weighted by Gasteiger charge is -2.35. The number of nitrogens with zero attached hydrogens (tertiary/aromatic N) is 1. The summed E-state index contributed by atoms with van der Waals surface area (Å²) in [5.74, 6) is 0. The first-order chi connectivity index (χ1) is 28.3. The van der Waals surface area contributed by atoms with E-state index in [9.17, 15) is 0 Å². The molecule has 0 N–H and O–H groups in total. The summed E-state index contributed by atoms with van der Waals surface area (Å²) in [6, 6.07) is 81.4. The summed E-state index contributed by atoms with van der Waals surface area (Å²) in [5.41, 5.74) is 16.9. The first-order valence-corrected chi connectivity index (χ1v) is 19.6. The Bertz CT molecular complexity index is 3020. The van der Waals surface area contributed by atoms with E-state index in [4.69, 9.17) is 4.42 Å². The van der Waals surface area contributed by atoms with Gasteiger partial charge in [-0.25, -0.2) is 0 Å². The van der Waals surface area contributed by atoms with E-state index in [1.165, 1.54) is 44.5 Å². The van der Waals surface area contributed by atoms with Crippen molar-refractivity contribution in [2.24, 2.45) is 0 Å². The van der Waals surface area contributed by atoms with E-state index in [-0.39, 0.29) is 0 Å². The summed E-state index contributed by atoms with van der Waals surface area (Å²) in [7, 11) is 0. The first kappa shape index (κ1) is 33.0. The molecule has 0 fully saturated rings. The highest BCUT2D eigenvalue weighted by Gasteiger charge is 2.46. The van der Waals surface area contributed by atoms with Crippen molar-refractivity contribution < 1.29 is 4.42 Å². The van der Waals surface area contributed by atoms with Gasteiger partial charge in [0.25, 0.3) is 0 Å². The maximum atomic E-state index is 6.15. The van der Waals surface area contributed by atoms with Gasteiger partial charge in [-0.2, -0.15) is 0 Å². The molecule has 1 aromatic heterocycles. The molecule has 0 saturated carbocycles. The van der Waals surface area contributed by atoms with Crippen LogP contribution in [0.4, 0.5) is 17.1 Å². The Morgan fingerprint density at radius 1 is 0.316 bits per heavy atom. The highest BCUT2D eigenvalue weighted by Crippen LogP contribution is 2.57. The van der Waals surface area contributed by atoms with E-state index in [0.717, 1.165) is 50.1 Å². The summed E-state index contributed by atoms with van der Waals surface area (Å²) in [4.78, 5) is 2.41. The molecule has 0 saturated heterocycles. The molecule has 1 heterocycles. The van der Waals surface area contributed by atoms with Crippen LogP contribution < -0.4 is 4.90 Å². The topological polar surface area (TPSA) is 16.4 Å². The van der Waals surface area contributed by atoms with Crippen molar-refractivity contribution in [1.29, 1.82) is 0 Å². The largest absolute Gasteiger partial charge is 0.456 e. The van der Waals surface area contributed by atoms with Crippen LogP contribution >= 0.6 is 0 Å². The van der Waals surface area contributed by atoms with Gasteiger partial charge < -0.3 is 9.32 Å². The predicted molar refractivity (Wildman–Crippen MR) is 237 cm³/mol. The average molecular weight is 728 g/mol. The number of hydrogen-bond acceptors (Lipinski definition) is 2. The summed E-state index contributed by atoms with van der Waals surface area (Å²) < 4.78 is 6.15. The molecule has 1 aliphatic carbocycles. The second-order valence-corrected chi connectivity index (χ2v) is 14.9. The number of furan rings is 1. The molecule has 0 bridgehead atoms. The predicted octanol–water partition coefficient (Wildman–Crippen LogP) is 14.8. The Morgan fingerprint density at radius 2 is 0.860 bits per heavy atom. The first-order valence-electron chi connectivity index (χ1n) is 19.6. The molecule has 9 aromatic carbocycles. The van der Waals surface area contributed by atoms with Gasteiger partial charge >= 0.3 is 0 Å². The Hall–Kier alpha value is -7.42. The number of benzene rings is 9. The molecule has 0 amide bonds. The van der Waals surface area contributed by atoms with Crippen LogP contribution in [0, 0.1) is 0 Å². The zero-order valence-electron chi connectivity index (χ0n) is 31.2. The third-order valence-electron chi connectivity index (χ3n) is 11.7. The van der Waals surface area contributed by atoms with Crippen molar-refractivity contribution in [3.8, 4) is 33.4 Å². The molecule has 2 nitrogen and oxygen atoms in total. The number of hydrogen-bond donors (Lipinski definition) is 0. The van der Waals surface area contributed by atoms with Crippen molar-refractivity contribution in [3.05, 3.63) is 247 Å². The van der Waals surface area contributed by atoms with E-state index in [1.807, 2.05) is 12.1 Å². The van der Waals surface area contributed by atoms with Gasteiger partial charge in [0.15, 0.2) is 0 Å². The van der Waals surface area contributed by atoms with Gasteiger partial charge in [0.05, 0.1) is 5.41 Å². The van der Waals surface area contributed by atoms with Crippen LogP contribution in [-0.4, -0.2) is 0 Å². The van der Waals surface area contributed by atoms with Crippen molar-refractivity contribution in [2.75, 3.05) is 4.90 Å². The monoisotopic (exact) mass is 727 g/mol. The second-order valence-electron chi connectivity index (χ2n) is 14.9. The SMILES string of the molecule is c1ccc(-c2cccc(N(c3ccc(-c4ccc5oc6ccccc6c5c4)cc3)c3ccc4c(c3)C(c3ccccc3)(c3ccccc3)c3ccccc3-4)c2)cc1. The van der Waals surface area contributed by atoms with Gasteiger partial charge in [0.1, 0.15) is 11.2 Å².